The third-order valence-corrected chi connectivity index (χ3v) is 2.48. The minimum absolute atomic E-state index is 0.717. The van der Waals surface area contributed by atoms with E-state index in [0.29, 0.717) is 0 Å². The molecular weight excluding hydrogens is 216 g/mol. The maximum atomic E-state index is 4.35. The van der Waals surface area contributed by atoms with E-state index in [0.717, 1.165) is 22.8 Å². The summed E-state index contributed by atoms with van der Waals surface area (Å²) in [6.45, 7) is 2.12. The first kappa shape index (κ1) is 8.17. The van der Waals surface area contributed by atoms with Gasteiger partial charge in [-0.3, -0.25) is 0 Å². The van der Waals surface area contributed by atoms with Gasteiger partial charge in [-0.25, -0.2) is 9.97 Å². The summed E-state index contributed by atoms with van der Waals surface area (Å²) in [7, 11) is 0. The van der Waals surface area contributed by atoms with Crippen LogP contribution in [0.1, 0.15) is 37.1 Å². The predicted molar refractivity (Wildman–Crippen MR) is 51.1 cm³/mol. The topological polar surface area (TPSA) is 25.8 Å². The van der Waals surface area contributed by atoms with E-state index in [-0.39, 0.29) is 0 Å². The monoisotopic (exact) mass is 226 g/mol. The van der Waals surface area contributed by atoms with Gasteiger partial charge >= 0.3 is 0 Å². The van der Waals surface area contributed by atoms with Crippen LogP contribution in [-0.4, -0.2) is 9.97 Å². The normalized spacial score (nSPS) is 16.5. The van der Waals surface area contributed by atoms with Gasteiger partial charge in [-0.15, -0.1) is 0 Å². The molecule has 1 fully saturated rings. The molecule has 0 spiro atoms. The van der Waals surface area contributed by atoms with Crippen LogP contribution in [0, 0.1) is 0 Å². The Bertz CT molecular complexity index is 295. The van der Waals surface area contributed by atoms with Gasteiger partial charge in [0.05, 0.1) is 0 Å². The van der Waals surface area contributed by atoms with Crippen molar-refractivity contribution in [3.8, 4) is 0 Å². The molecule has 2 nitrogen and oxygen atoms in total. The van der Waals surface area contributed by atoms with Crippen molar-refractivity contribution < 1.29 is 0 Å². The minimum Gasteiger partial charge on any atom is -0.227 e. The highest BCUT2D eigenvalue weighted by atomic mass is 79.9. The van der Waals surface area contributed by atoms with E-state index in [1.165, 1.54) is 18.5 Å². The molecule has 1 aliphatic rings. The lowest BCUT2D eigenvalue weighted by atomic mass is 10.2. The second-order valence-electron chi connectivity index (χ2n) is 3.18. The lowest BCUT2D eigenvalue weighted by molar-refractivity contribution is 0.906. The first-order valence-electron chi connectivity index (χ1n) is 4.33. The van der Waals surface area contributed by atoms with Crippen molar-refractivity contribution in [1.82, 2.24) is 9.97 Å². The Hall–Kier alpha value is -0.440. The van der Waals surface area contributed by atoms with Crippen molar-refractivity contribution >= 4 is 15.9 Å². The average Bonchev–Trinajstić information content (AvgIpc) is 2.85. The van der Waals surface area contributed by atoms with Crippen LogP contribution in [0.25, 0.3) is 0 Å². The third kappa shape index (κ3) is 1.66. The molecule has 12 heavy (non-hydrogen) atoms. The molecule has 0 bridgehead atoms. The smallest absolute Gasteiger partial charge is 0.197 e. The number of nitrogens with zero attached hydrogens (tertiary/aromatic N) is 2. The van der Waals surface area contributed by atoms with Crippen LogP contribution >= 0.6 is 15.9 Å². The summed E-state index contributed by atoms with van der Waals surface area (Å²) < 4.78 is 0.740. The van der Waals surface area contributed by atoms with Gasteiger partial charge in [-0.2, -0.15) is 0 Å². The first-order chi connectivity index (χ1) is 5.79. The fourth-order valence-corrected chi connectivity index (χ4v) is 1.69. The Morgan fingerprint density at radius 3 is 2.83 bits per heavy atom. The molecule has 0 saturated heterocycles. The van der Waals surface area contributed by atoms with Crippen LogP contribution < -0.4 is 0 Å². The highest BCUT2D eigenvalue weighted by Gasteiger charge is 2.25. The van der Waals surface area contributed by atoms with E-state index in [4.69, 9.17) is 0 Å². The molecule has 3 heteroatoms. The third-order valence-electron chi connectivity index (χ3n) is 2.13. The second-order valence-corrected chi connectivity index (χ2v) is 3.89. The molecule has 0 aliphatic heterocycles. The number of hydrogen-bond acceptors (Lipinski definition) is 2. The van der Waals surface area contributed by atoms with Crippen LogP contribution in [0.5, 0.6) is 0 Å². The van der Waals surface area contributed by atoms with Gasteiger partial charge in [0, 0.05) is 17.3 Å². The maximum Gasteiger partial charge on any atom is 0.197 e. The van der Waals surface area contributed by atoms with Gasteiger partial charge in [0.2, 0.25) is 0 Å². The van der Waals surface area contributed by atoms with E-state index < -0.39 is 0 Å². The maximum absolute atomic E-state index is 4.35. The number of aryl methyl sites for hydroxylation is 1. The molecule has 0 aromatic carbocycles. The van der Waals surface area contributed by atoms with Crippen molar-refractivity contribution in [2.75, 3.05) is 0 Å². The second kappa shape index (κ2) is 3.13. The first-order valence-corrected chi connectivity index (χ1v) is 5.12. The molecule has 1 aromatic heterocycles. The molecule has 0 amide bonds. The van der Waals surface area contributed by atoms with E-state index in [1.807, 2.05) is 0 Å². The van der Waals surface area contributed by atoms with Crippen LogP contribution in [0.2, 0.25) is 0 Å². The molecule has 1 heterocycles. The van der Waals surface area contributed by atoms with Gasteiger partial charge in [0.25, 0.3) is 0 Å². The SMILES string of the molecule is CCc1cc(C2CC2)nc(Br)n1. The van der Waals surface area contributed by atoms with Gasteiger partial charge < -0.3 is 0 Å². The van der Waals surface area contributed by atoms with Crippen LogP contribution in [0.4, 0.5) is 0 Å². The van der Waals surface area contributed by atoms with E-state index in [2.05, 4.69) is 38.9 Å². The quantitative estimate of drug-likeness (QED) is 0.726. The molecule has 1 saturated carbocycles. The number of halogens is 1. The predicted octanol–water partition coefficient (Wildman–Crippen LogP) is 2.68. The van der Waals surface area contributed by atoms with Crippen LogP contribution in [0.15, 0.2) is 10.8 Å². The summed E-state index contributed by atoms with van der Waals surface area (Å²) in [5.74, 6) is 0.717. The van der Waals surface area contributed by atoms with Crippen molar-refractivity contribution in [2.24, 2.45) is 0 Å². The van der Waals surface area contributed by atoms with Gasteiger partial charge in [-0.1, -0.05) is 6.92 Å². The standard InChI is InChI=1S/C9H11BrN2/c1-2-7-5-8(6-3-4-6)12-9(10)11-7/h5-6H,2-4H2,1H3. The molecule has 1 aliphatic carbocycles. The highest BCUT2D eigenvalue weighted by Crippen LogP contribution is 2.39. The summed E-state index contributed by atoms with van der Waals surface area (Å²) in [5.41, 5.74) is 2.35. The summed E-state index contributed by atoms with van der Waals surface area (Å²) in [4.78, 5) is 8.62. The molecule has 1 aromatic rings. The molecule has 0 radical (unpaired) electrons. The number of aromatic nitrogens is 2. The van der Waals surface area contributed by atoms with Gasteiger partial charge in [-0.05, 0) is 41.3 Å². The lowest BCUT2D eigenvalue weighted by Crippen LogP contribution is -1.95. The molecule has 2 rings (SSSR count). The Kier molecular flexibility index (Phi) is 2.13. The zero-order valence-corrected chi connectivity index (χ0v) is 8.63. The van der Waals surface area contributed by atoms with Crippen LogP contribution in [-0.2, 0) is 6.42 Å². The summed E-state index contributed by atoms with van der Waals surface area (Å²) in [5, 5.41) is 0. The Labute approximate surface area is 80.6 Å². The van der Waals surface area contributed by atoms with E-state index in [1.54, 1.807) is 0 Å². The highest BCUT2D eigenvalue weighted by molar-refractivity contribution is 9.10. The minimum atomic E-state index is 0.717. The largest absolute Gasteiger partial charge is 0.227 e. The Morgan fingerprint density at radius 2 is 2.25 bits per heavy atom. The Morgan fingerprint density at radius 1 is 1.50 bits per heavy atom. The molecule has 0 atom stereocenters. The van der Waals surface area contributed by atoms with Gasteiger partial charge in [0.15, 0.2) is 4.73 Å². The van der Waals surface area contributed by atoms with Crippen molar-refractivity contribution in [3.63, 3.8) is 0 Å². The van der Waals surface area contributed by atoms with Crippen LogP contribution in [0.3, 0.4) is 0 Å². The average molecular weight is 227 g/mol. The fraction of sp³-hybridized carbons (Fsp3) is 0.556. The van der Waals surface area contributed by atoms with Crippen molar-refractivity contribution in [2.45, 2.75) is 32.1 Å². The van der Waals surface area contributed by atoms with E-state index in [9.17, 15) is 0 Å². The zero-order chi connectivity index (χ0) is 8.55. The fourth-order valence-electron chi connectivity index (χ4n) is 1.25. The number of rotatable bonds is 2. The molecular formula is C9H11BrN2. The summed E-state index contributed by atoms with van der Waals surface area (Å²) >= 11 is 3.33. The Balaban J connectivity index is 2.34. The number of hydrogen-bond donors (Lipinski definition) is 0. The molecule has 64 valence electrons. The van der Waals surface area contributed by atoms with Crippen molar-refractivity contribution in [1.29, 1.82) is 0 Å². The van der Waals surface area contributed by atoms with Crippen molar-refractivity contribution in [3.05, 3.63) is 22.2 Å². The van der Waals surface area contributed by atoms with Gasteiger partial charge in [0.1, 0.15) is 0 Å². The molecule has 0 N–H and O–H groups in total. The summed E-state index contributed by atoms with van der Waals surface area (Å²) in [6.07, 6.45) is 3.58. The zero-order valence-electron chi connectivity index (χ0n) is 7.05. The van der Waals surface area contributed by atoms with E-state index >= 15 is 0 Å². The lowest BCUT2D eigenvalue weighted by Gasteiger charge is -2.01. The molecule has 0 unspecified atom stereocenters. The summed E-state index contributed by atoms with van der Waals surface area (Å²) in [6, 6.07) is 2.13.